The first-order valence-electron chi connectivity index (χ1n) is 3.91. The summed E-state index contributed by atoms with van der Waals surface area (Å²) in [7, 11) is 0. The van der Waals surface area contributed by atoms with Crippen LogP contribution in [0.2, 0.25) is 0 Å². The number of rotatable bonds is 3. The van der Waals surface area contributed by atoms with Gasteiger partial charge in [-0.15, -0.1) is 0 Å². The lowest BCUT2D eigenvalue weighted by atomic mass is 9.61. The van der Waals surface area contributed by atoms with Crippen molar-refractivity contribution in [3.05, 3.63) is 0 Å². The Morgan fingerprint density at radius 1 is 1.42 bits per heavy atom. The summed E-state index contributed by atoms with van der Waals surface area (Å²) in [6.07, 6.45) is 0.746. The molecule has 1 aliphatic rings. The van der Waals surface area contributed by atoms with Crippen molar-refractivity contribution in [1.29, 1.82) is 0 Å². The summed E-state index contributed by atoms with van der Waals surface area (Å²) in [5, 5.41) is 17.3. The van der Waals surface area contributed by atoms with E-state index in [4.69, 9.17) is 10.2 Å². The van der Waals surface area contributed by atoms with E-state index in [1.807, 2.05) is 6.92 Å². The van der Waals surface area contributed by atoms with Crippen LogP contribution in [0.5, 0.6) is 0 Å². The van der Waals surface area contributed by atoms with E-state index in [1.54, 1.807) is 0 Å². The minimum atomic E-state index is -1.02. The van der Waals surface area contributed by atoms with Crippen molar-refractivity contribution in [1.82, 2.24) is 0 Å². The Hall–Kier alpha value is -1.06. The zero-order chi connectivity index (χ0) is 9.35. The van der Waals surface area contributed by atoms with Crippen molar-refractivity contribution in [2.24, 2.45) is 11.3 Å². The van der Waals surface area contributed by atoms with Gasteiger partial charge < -0.3 is 10.2 Å². The molecule has 0 aromatic carbocycles. The van der Waals surface area contributed by atoms with E-state index in [-0.39, 0.29) is 6.42 Å². The molecular weight excluding hydrogens is 160 g/mol. The summed E-state index contributed by atoms with van der Waals surface area (Å²) in [4.78, 5) is 21.1. The molecule has 1 aliphatic carbocycles. The summed E-state index contributed by atoms with van der Waals surface area (Å²) >= 11 is 0. The van der Waals surface area contributed by atoms with E-state index < -0.39 is 17.4 Å². The molecular formula is C8H12O4. The fraction of sp³-hybridized carbons (Fsp3) is 0.750. The molecule has 2 N–H and O–H groups in total. The van der Waals surface area contributed by atoms with Crippen molar-refractivity contribution in [3.8, 4) is 0 Å². The molecule has 0 amide bonds. The molecule has 0 aromatic rings. The molecule has 0 radical (unpaired) electrons. The Morgan fingerprint density at radius 2 is 1.92 bits per heavy atom. The molecule has 1 fully saturated rings. The Labute approximate surface area is 70.2 Å². The van der Waals surface area contributed by atoms with Gasteiger partial charge in [-0.2, -0.15) is 0 Å². The van der Waals surface area contributed by atoms with E-state index in [0.29, 0.717) is 18.8 Å². The van der Waals surface area contributed by atoms with E-state index in [1.165, 1.54) is 0 Å². The molecule has 68 valence electrons. The van der Waals surface area contributed by atoms with Crippen molar-refractivity contribution in [2.75, 3.05) is 0 Å². The van der Waals surface area contributed by atoms with Crippen LogP contribution in [0.15, 0.2) is 0 Å². The SMILES string of the molecule is CC1CC(CC(=O)O)(C(=O)O)C1. The summed E-state index contributed by atoms with van der Waals surface area (Å²) in [5.41, 5.74) is -0.967. The summed E-state index contributed by atoms with van der Waals surface area (Å²) < 4.78 is 0. The Balaban J connectivity index is 2.63. The van der Waals surface area contributed by atoms with E-state index in [2.05, 4.69) is 0 Å². The zero-order valence-corrected chi connectivity index (χ0v) is 6.91. The van der Waals surface area contributed by atoms with Crippen molar-refractivity contribution >= 4 is 11.9 Å². The van der Waals surface area contributed by atoms with Gasteiger partial charge in [0, 0.05) is 0 Å². The van der Waals surface area contributed by atoms with Gasteiger partial charge >= 0.3 is 11.9 Å². The number of aliphatic carboxylic acids is 2. The lowest BCUT2D eigenvalue weighted by Gasteiger charge is -2.41. The van der Waals surface area contributed by atoms with Crippen LogP contribution in [0.25, 0.3) is 0 Å². The maximum absolute atomic E-state index is 10.7. The Morgan fingerprint density at radius 3 is 2.17 bits per heavy atom. The highest BCUT2D eigenvalue weighted by molar-refractivity contribution is 5.82. The van der Waals surface area contributed by atoms with Gasteiger partial charge in [0.25, 0.3) is 0 Å². The van der Waals surface area contributed by atoms with Gasteiger partial charge in [0.15, 0.2) is 0 Å². The third kappa shape index (κ3) is 1.42. The van der Waals surface area contributed by atoms with Gasteiger partial charge in [-0.25, -0.2) is 0 Å². The molecule has 0 aromatic heterocycles. The van der Waals surface area contributed by atoms with Crippen LogP contribution in [0.3, 0.4) is 0 Å². The third-order valence-corrected chi connectivity index (χ3v) is 2.42. The molecule has 4 nitrogen and oxygen atoms in total. The first-order valence-corrected chi connectivity index (χ1v) is 3.91. The van der Waals surface area contributed by atoms with Crippen molar-refractivity contribution in [2.45, 2.75) is 26.2 Å². The normalized spacial score (nSPS) is 33.9. The topological polar surface area (TPSA) is 74.6 Å². The monoisotopic (exact) mass is 172 g/mol. The second-order valence-electron chi connectivity index (χ2n) is 3.67. The molecule has 0 unspecified atom stereocenters. The van der Waals surface area contributed by atoms with Gasteiger partial charge in [-0.3, -0.25) is 9.59 Å². The number of carboxylic acid groups (broad SMARTS) is 2. The van der Waals surface area contributed by atoms with Crippen LogP contribution >= 0.6 is 0 Å². The highest BCUT2D eigenvalue weighted by atomic mass is 16.4. The standard InChI is InChI=1S/C8H12O4/c1-5-2-8(3-5,7(11)12)4-6(9)10/h5H,2-4H2,1H3,(H,9,10)(H,11,12). The predicted octanol–water partition coefficient (Wildman–Crippen LogP) is 0.962. The third-order valence-electron chi connectivity index (χ3n) is 2.42. The quantitative estimate of drug-likeness (QED) is 0.665. The van der Waals surface area contributed by atoms with E-state index in [9.17, 15) is 9.59 Å². The Kier molecular flexibility index (Phi) is 2.08. The molecule has 0 spiro atoms. The average Bonchev–Trinajstić information content (AvgIpc) is 1.81. The van der Waals surface area contributed by atoms with Gasteiger partial charge in [0.05, 0.1) is 11.8 Å². The molecule has 1 rings (SSSR count). The molecule has 4 heteroatoms. The van der Waals surface area contributed by atoms with Crippen LogP contribution in [0, 0.1) is 11.3 Å². The maximum Gasteiger partial charge on any atom is 0.310 e. The second kappa shape index (κ2) is 2.77. The predicted molar refractivity (Wildman–Crippen MR) is 40.7 cm³/mol. The van der Waals surface area contributed by atoms with Crippen LogP contribution in [0.1, 0.15) is 26.2 Å². The minimum Gasteiger partial charge on any atom is -0.481 e. The summed E-state index contributed by atoms with van der Waals surface area (Å²) in [6, 6.07) is 0. The molecule has 0 heterocycles. The molecule has 0 saturated heterocycles. The molecule has 0 atom stereocenters. The number of hydrogen-bond donors (Lipinski definition) is 2. The largest absolute Gasteiger partial charge is 0.481 e. The first-order chi connectivity index (χ1) is 5.46. The lowest BCUT2D eigenvalue weighted by Crippen LogP contribution is -2.44. The smallest absolute Gasteiger partial charge is 0.310 e. The fourth-order valence-electron chi connectivity index (χ4n) is 1.96. The maximum atomic E-state index is 10.7. The highest BCUT2D eigenvalue weighted by Crippen LogP contribution is 2.48. The van der Waals surface area contributed by atoms with Crippen LogP contribution in [-0.4, -0.2) is 22.2 Å². The second-order valence-corrected chi connectivity index (χ2v) is 3.67. The van der Waals surface area contributed by atoms with E-state index in [0.717, 1.165) is 0 Å². The van der Waals surface area contributed by atoms with Gasteiger partial charge in [-0.05, 0) is 18.8 Å². The Bertz CT molecular complexity index is 215. The summed E-state index contributed by atoms with van der Waals surface area (Å²) in [5.74, 6) is -1.65. The van der Waals surface area contributed by atoms with Gasteiger partial charge in [0.2, 0.25) is 0 Å². The fourth-order valence-corrected chi connectivity index (χ4v) is 1.96. The lowest BCUT2D eigenvalue weighted by molar-refractivity contribution is -0.164. The highest BCUT2D eigenvalue weighted by Gasteiger charge is 2.49. The van der Waals surface area contributed by atoms with Gasteiger partial charge in [-0.1, -0.05) is 6.92 Å². The van der Waals surface area contributed by atoms with E-state index >= 15 is 0 Å². The number of carboxylic acids is 2. The van der Waals surface area contributed by atoms with Crippen molar-refractivity contribution in [3.63, 3.8) is 0 Å². The molecule has 0 bridgehead atoms. The van der Waals surface area contributed by atoms with Crippen LogP contribution < -0.4 is 0 Å². The number of carbonyl (C=O) groups is 2. The van der Waals surface area contributed by atoms with Gasteiger partial charge in [0.1, 0.15) is 0 Å². The zero-order valence-electron chi connectivity index (χ0n) is 6.91. The van der Waals surface area contributed by atoms with Crippen molar-refractivity contribution < 1.29 is 19.8 Å². The minimum absolute atomic E-state index is 0.243. The molecule has 0 aliphatic heterocycles. The number of hydrogen-bond acceptors (Lipinski definition) is 2. The first kappa shape index (κ1) is 9.03. The van der Waals surface area contributed by atoms with Crippen LogP contribution in [-0.2, 0) is 9.59 Å². The van der Waals surface area contributed by atoms with Crippen LogP contribution in [0.4, 0.5) is 0 Å². The average molecular weight is 172 g/mol. The summed E-state index contributed by atoms with van der Waals surface area (Å²) in [6.45, 7) is 1.93. The molecule has 12 heavy (non-hydrogen) atoms. The molecule has 1 saturated carbocycles.